The van der Waals surface area contributed by atoms with Gasteiger partial charge in [0.2, 0.25) is 11.8 Å². The molecule has 140 valence electrons. The summed E-state index contributed by atoms with van der Waals surface area (Å²) in [5.41, 5.74) is -0.370. The van der Waals surface area contributed by atoms with Crippen LogP contribution in [0.4, 0.5) is 10.1 Å². The summed E-state index contributed by atoms with van der Waals surface area (Å²) in [6.07, 6.45) is 5.09. The van der Waals surface area contributed by atoms with Crippen molar-refractivity contribution in [2.45, 2.75) is 32.9 Å². The van der Waals surface area contributed by atoms with Crippen molar-refractivity contribution < 1.29 is 18.8 Å². The van der Waals surface area contributed by atoms with Crippen LogP contribution < -0.4 is 4.90 Å². The number of imide groups is 1. The molecule has 1 aromatic carbocycles. The summed E-state index contributed by atoms with van der Waals surface area (Å²) in [7, 11) is 0. The van der Waals surface area contributed by atoms with Crippen molar-refractivity contribution in [1.82, 2.24) is 5.01 Å². The largest absolute Gasteiger partial charge is 0.297 e. The van der Waals surface area contributed by atoms with Gasteiger partial charge in [0.1, 0.15) is 11.9 Å². The zero-order valence-corrected chi connectivity index (χ0v) is 15.3. The molecule has 6 nitrogen and oxygen atoms in total. The molecule has 0 spiro atoms. The average Bonchev–Trinajstić information content (AvgIpc) is 3.08. The molecule has 3 heterocycles. The van der Waals surface area contributed by atoms with E-state index in [-0.39, 0.29) is 11.7 Å². The van der Waals surface area contributed by atoms with Gasteiger partial charge in [0, 0.05) is 11.6 Å². The molecule has 7 heteroatoms. The molecule has 4 atom stereocenters. The molecule has 3 aliphatic rings. The Morgan fingerprint density at radius 3 is 2.33 bits per heavy atom. The van der Waals surface area contributed by atoms with Gasteiger partial charge in [-0.1, -0.05) is 26.8 Å². The van der Waals surface area contributed by atoms with Crippen molar-refractivity contribution >= 4 is 29.5 Å². The number of anilines is 1. The first-order valence-corrected chi connectivity index (χ1v) is 8.88. The van der Waals surface area contributed by atoms with Crippen LogP contribution in [-0.4, -0.2) is 40.9 Å². The van der Waals surface area contributed by atoms with Gasteiger partial charge in [-0.3, -0.25) is 19.4 Å². The fraction of sp³-hybridized carbons (Fsp3) is 0.400. The lowest BCUT2D eigenvalue weighted by atomic mass is 9.80. The Morgan fingerprint density at radius 2 is 1.70 bits per heavy atom. The average molecular weight is 369 g/mol. The van der Waals surface area contributed by atoms with Crippen LogP contribution in [0.3, 0.4) is 0 Å². The van der Waals surface area contributed by atoms with Crippen LogP contribution >= 0.6 is 0 Å². The fourth-order valence-electron chi connectivity index (χ4n) is 4.13. The van der Waals surface area contributed by atoms with E-state index in [4.69, 9.17) is 0 Å². The summed E-state index contributed by atoms with van der Waals surface area (Å²) in [5, 5.41) is 5.89. The van der Waals surface area contributed by atoms with E-state index in [9.17, 15) is 18.8 Å². The summed E-state index contributed by atoms with van der Waals surface area (Å²) in [5.74, 6) is -2.88. The molecule has 0 N–H and O–H groups in total. The first kappa shape index (κ1) is 17.6. The van der Waals surface area contributed by atoms with Gasteiger partial charge in [0.25, 0.3) is 0 Å². The van der Waals surface area contributed by atoms with Crippen LogP contribution in [0.2, 0.25) is 0 Å². The smallest absolute Gasteiger partial charge is 0.240 e. The number of hydrogen-bond donors (Lipinski definition) is 0. The number of benzene rings is 1. The molecule has 0 saturated carbocycles. The third-order valence-electron chi connectivity index (χ3n) is 5.38. The number of ketones is 1. The van der Waals surface area contributed by atoms with E-state index in [1.165, 1.54) is 24.3 Å². The van der Waals surface area contributed by atoms with E-state index in [1.807, 2.05) is 0 Å². The van der Waals surface area contributed by atoms with Gasteiger partial charge in [0.15, 0.2) is 5.78 Å². The number of amides is 2. The first-order chi connectivity index (χ1) is 12.7. The number of allylic oxidation sites excluding steroid dienone is 1. The molecule has 0 unspecified atom stereocenters. The van der Waals surface area contributed by atoms with E-state index >= 15 is 0 Å². The Kier molecular flexibility index (Phi) is 3.80. The van der Waals surface area contributed by atoms with Crippen molar-refractivity contribution in [3.8, 4) is 0 Å². The monoisotopic (exact) mass is 369 g/mol. The predicted octanol–water partition coefficient (Wildman–Crippen LogP) is 2.15. The summed E-state index contributed by atoms with van der Waals surface area (Å²) in [4.78, 5) is 40.6. The van der Waals surface area contributed by atoms with Crippen LogP contribution in [0.15, 0.2) is 41.5 Å². The summed E-state index contributed by atoms with van der Waals surface area (Å²) < 4.78 is 13.3. The van der Waals surface area contributed by atoms with E-state index in [1.54, 1.807) is 44.1 Å². The van der Waals surface area contributed by atoms with Gasteiger partial charge in [-0.2, -0.15) is 5.10 Å². The van der Waals surface area contributed by atoms with Crippen LogP contribution in [0.25, 0.3) is 0 Å². The van der Waals surface area contributed by atoms with Crippen LogP contribution in [-0.2, 0) is 14.4 Å². The number of nitrogens with zero attached hydrogens (tertiary/aromatic N) is 3. The second-order valence-electron chi connectivity index (χ2n) is 8.12. The summed E-state index contributed by atoms with van der Waals surface area (Å²) >= 11 is 0. The number of halogens is 1. The molecular formula is C20H20FN3O3. The molecule has 2 amide bonds. The lowest BCUT2D eigenvalue weighted by Crippen LogP contribution is -2.49. The standard InChI is InChI=1S/C20H20FN3O3/c1-20(2,3)17(25)16-15-14(13-5-4-10-22-24(13)16)18(26)23(19(15)27)12-8-6-11(21)7-9-12/h4-10,13-16H,1-3H3/t13-,14-,15-,16-/m1/s1. The number of hydrogen-bond acceptors (Lipinski definition) is 5. The topological polar surface area (TPSA) is 70.0 Å². The molecule has 0 aromatic heterocycles. The van der Waals surface area contributed by atoms with E-state index in [0.717, 1.165) is 4.90 Å². The Hall–Kier alpha value is -2.83. The van der Waals surface area contributed by atoms with Crippen molar-refractivity contribution in [2.24, 2.45) is 22.4 Å². The second kappa shape index (κ2) is 5.84. The highest BCUT2D eigenvalue weighted by molar-refractivity contribution is 6.24. The van der Waals surface area contributed by atoms with E-state index < -0.39 is 41.1 Å². The van der Waals surface area contributed by atoms with E-state index in [2.05, 4.69) is 5.10 Å². The molecule has 0 radical (unpaired) electrons. The molecule has 0 bridgehead atoms. The molecule has 0 aliphatic carbocycles. The second-order valence-corrected chi connectivity index (χ2v) is 8.12. The van der Waals surface area contributed by atoms with Crippen LogP contribution in [0.1, 0.15) is 20.8 Å². The van der Waals surface area contributed by atoms with Crippen LogP contribution in [0, 0.1) is 23.1 Å². The maximum Gasteiger partial charge on any atom is 0.240 e. The minimum atomic E-state index is -0.806. The molecular weight excluding hydrogens is 349 g/mol. The Labute approximate surface area is 156 Å². The zero-order chi connectivity index (χ0) is 19.5. The number of Topliss-reactive ketones (excluding diaryl/α,β-unsaturated/α-hetero) is 1. The molecule has 4 rings (SSSR count). The lowest BCUT2D eigenvalue weighted by Gasteiger charge is -2.33. The van der Waals surface area contributed by atoms with Crippen molar-refractivity contribution in [3.05, 3.63) is 42.2 Å². The molecule has 1 aromatic rings. The lowest BCUT2D eigenvalue weighted by molar-refractivity contribution is -0.136. The van der Waals surface area contributed by atoms with Gasteiger partial charge < -0.3 is 0 Å². The normalized spacial score (nSPS) is 29.3. The quantitative estimate of drug-likeness (QED) is 0.749. The third kappa shape index (κ3) is 2.52. The number of fused-ring (bicyclic) bond motifs is 3. The number of rotatable bonds is 2. The Balaban J connectivity index is 1.79. The maximum atomic E-state index is 13.3. The van der Waals surface area contributed by atoms with E-state index in [0.29, 0.717) is 5.69 Å². The minimum absolute atomic E-state index is 0.130. The predicted molar refractivity (Wildman–Crippen MR) is 97.4 cm³/mol. The van der Waals surface area contributed by atoms with Crippen molar-refractivity contribution in [2.75, 3.05) is 4.90 Å². The van der Waals surface area contributed by atoms with Gasteiger partial charge in [-0.15, -0.1) is 0 Å². The highest BCUT2D eigenvalue weighted by Crippen LogP contribution is 2.47. The van der Waals surface area contributed by atoms with Crippen LogP contribution in [0.5, 0.6) is 0 Å². The highest BCUT2D eigenvalue weighted by Gasteiger charge is 2.64. The first-order valence-electron chi connectivity index (χ1n) is 8.88. The molecule has 2 fully saturated rings. The molecule has 27 heavy (non-hydrogen) atoms. The Bertz CT molecular complexity index is 885. The van der Waals surface area contributed by atoms with Gasteiger partial charge in [-0.05, 0) is 30.3 Å². The van der Waals surface area contributed by atoms with Gasteiger partial charge in [0.05, 0.1) is 23.6 Å². The maximum absolute atomic E-state index is 13.3. The minimum Gasteiger partial charge on any atom is -0.297 e. The fourth-order valence-corrected chi connectivity index (χ4v) is 4.13. The van der Waals surface area contributed by atoms with Gasteiger partial charge >= 0.3 is 0 Å². The molecule has 3 aliphatic heterocycles. The molecule has 2 saturated heterocycles. The SMILES string of the molecule is CC(C)(C)C(=O)[C@H]1[C@@H]2C(=O)N(c3ccc(F)cc3)C(=O)[C@@H]2[C@H]2C=CC=NN21. The van der Waals surface area contributed by atoms with Crippen molar-refractivity contribution in [1.29, 1.82) is 0 Å². The number of carbonyl (C=O) groups is 3. The zero-order valence-electron chi connectivity index (χ0n) is 15.3. The van der Waals surface area contributed by atoms with Crippen molar-refractivity contribution in [3.63, 3.8) is 0 Å². The third-order valence-corrected chi connectivity index (χ3v) is 5.38. The Morgan fingerprint density at radius 1 is 1.07 bits per heavy atom. The number of hydrazone groups is 1. The van der Waals surface area contributed by atoms with Gasteiger partial charge in [-0.25, -0.2) is 9.29 Å². The summed E-state index contributed by atoms with van der Waals surface area (Å²) in [6.45, 7) is 5.38. The highest BCUT2D eigenvalue weighted by atomic mass is 19.1. The summed E-state index contributed by atoms with van der Waals surface area (Å²) in [6, 6.07) is 3.97. The number of carbonyl (C=O) groups excluding carboxylic acids is 3.